The number of benzene rings is 3. The summed E-state index contributed by atoms with van der Waals surface area (Å²) in [6.07, 6.45) is -1.07. The molecule has 1 heterocycles. The largest absolute Gasteiger partial charge is 0.573 e. The number of ether oxygens (including phenoxy) is 1. The van der Waals surface area contributed by atoms with Gasteiger partial charge in [0.25, 0.3) is 0 Å². The lowest BCUT2D eigenvalue weighted by atomic mass is 10.1. The summed E-state index contributed by atoms with van der Waals surface area (Å²) in [7, 11) is 0. The van der Waals surface area contributed by atoms with Crippen LogP contribution < -0.4 is 15.8 Å². The number of nitrogens with two attached hydrogens (primary N) is 1. The van der Waals surface area contributed by atoms with Crippen molar-refractivity contribution in [3.63, 3.8) is 0 Å². The minimum absolute atomic E-state index is 0.275. The van der Waals surface area contributed by atoms with Crippen molar-refractivity contribution in [1.29, 1.82) is 0 Å². The van der Waals surface area contributed by atoms with Crippen molar-refractivity contribution in [3.8, 4) is 22.8 Å². The van der Waals surface area contributed by atoms with E-state index in [1.165, 1.54) is 40.8 Å². The number of rotatable bonds is 6. The van der Waals surface area contributed by atoms with Gasteiger partial charge in [-0.2, -0.15) is 0 Å². The van der Waals surface area contributed by atoms with Gasteiger partial charge in [0, 0.05) is 11.3 Å². The quantitative estimate of drug-likeness (QED) is 0.289. The number of halogens is 3. The Balaban J connectivity index is 0.000000275. The fraction of sp³-hybridized carbons (Fsp3) is 0.192. The number of alkyl halides is 3. The Labute approximate surface area is 212 Å². The lowest BCUT2D eigenvalue weighted by Crippen LogP contribution is -2.19. The predicted octanol–water partition coefficient (Wildman–Crippen LogP) is 6.44. The lowest BCUT2D eigenvalue weighted by molar-refractivity contribution is -0.274. The smallest absolute Gasteiger partial charge is 0.406 e. The molecule has 0 saturated heterocycles. The van der Waals surface area contributed by atoms with Crippen LogP contribution in [0.1, 0.15) is 24.5 Å². The monoisotopic (exact) mass is 513 g/mol. The molecular weight excluding hydrogens is 487 g/mol. The van der Waals surface area contributed by atoms with Crippen molar-refractivity contribution in [1.82, 2.24) is 14.8 Å². The first-order valence-corrected chi connectivity index (χ1v) is 11.5. The van der Waals surface area contributed by atoms with Gasteiger partial charge < -0.3 is 15.8 Å². The maximum absolute atomic E-state index is 12.2. The molecule has 36 heavy (non-hydrogen) atoms. The van der Waals surface area contributed by atoms with Crippen molar-refractivity contribution in [2.75, 3.05) is 5.32 Å². The van der Waals surface area contributed by atoms with E-state index in [9.17, 15) is 13.2 Å². The third-order valence-corrected chi connectivity index (χ3v) is 5.08. The highest BCUT2D eigenvalue weighted by molar-refractivity contribution is 7.80. The van der Waals surface area contributed by atoms with Crippen LogP contribution in [0.15, 0.2) is 79.1 Å². The second kappa shape index (κ2) is 12.2. The summed E-state index contributed by atoms with van der Waals surface area (Å²) in [5.74, 6) is 0.279. The number of nitrogens with one attached hydrogen (secondary N) is 1. The van der Waals surface area contributed by atoms with E-state index in [0.717, 1.165) is 29.7 Å². The van der Waals surface area contributed by atoms with Crippen molar-refractivity contribution in [2.45, 2.75) is 33.1 Å². The summed E-state index contributed by atoms with van der Waals surface area (Å²) < 4.78 is 41.9. The average molecular weight is 514 g/mol. The summed E-state index contributed by atoms with van der Waals surface area (Å²) in [6, 6.07) is 21.3. The molecule has 6 nitrogen and oxygen atoms in total. The first-order valence-electron chi connectivity index (χ1n) is 11.1. The molecule has 4 aromatic rings. The van der Waals surface area contributed by atoms with Gasteiger partial charge in [-0.3, -0.25) is 0 Å². The number of hydrogen-bond acceptors (Lipinski definition) is 4. The third-order valence-electron chi connectivity index (χ3n) is 4.98. The van der Waals surface area contributed by atoms with Crippen molar-refractivity contribution < 1.29 is 17.9 Å². The Kier molecular flexibility index (Phi) is 9.02. The lowest BCUT2D eigenvalue weighted by Gasteiger charge is -2.09. The van der Waals surface area contributed by atoms with Crippen LogP contribution in [-0.4, -0.2) is 26.2 Å². The maximum atomic E-state index is 12.2. The summed E-state index contributed by atoms with van der Waals surface area (Å²) in [4.78, 5) is 4.26. The van der Waals surface area contributed by atoms with E-state index < -0.39 is 6.36 Å². The minimum Gasteiger partial charge on any atom is -0.406 e. The third kappa shape index (κ3) is 8.09. The molecule has 10 heteroatoms. The fourth-order valence-electron chi connectivity index (χ4n) is 3.28. The number of para-hydroxylation sites is 1. The molecule has 0 amide bonds. The van der Waals surface area contributed by atoms with Crippen molar-refractivity contribution >= 4 is 23.0 Å². The van der Waals surface area contributed by atoms with Gasteiger partial charge in [-0.25, -0.2) is 9.67 Å². The van der Waals surface area contributed by atoms with Gasteiger partial charge in [-0.15, -0.1) is 18.3 Å². The Morgan fingerprint density at radius 3 is 2.28 bits per heavy atom. The minimum atomic E-state index is -4.70. The normalized spacial score (nSPS) is 10.8. The highest BCUT2D eigenvalue weighted by atomic mass is 32.1. The zero-order valence-electron chi connectivity index (χ0n) is 19.8. The number of nitrogens with zero attached hydrogens (tertiary/aromatic N) is 3. The molecule has 0 bridgehead atoms. The van der Waals surface area contributed by atoms with E-state index in [2.05, 4.69) is 27.1 Å². The van der Waals surface area contributed by atoms with Crippen LogP contribution in [0.25, 0.3) is 17.1 Å². The zero-order chi connectivity index (χ0) is 26.1. The molecule has 0 aliphatic carbocycles. The Morgan fingerprint density at radius 2 is 1.69 bits per heavy atom. The molecule has 3 N–H and O–H groups in total. The van der Waals surface area contributed by atoms with E-state index in [1.54, 1.807) is 0 Å². The SMILES string of the molecule is CCCc1ccc(-c2ncn(-c3ccc(OC(F)(F)F)cc3)n2)cc1.Cc1ccccc1NC(N)=S. The molecule has 0 radical (unpaired) electrons. The molecule has 0 fully saturated rings. The van der Waals surface area contributed by atoms with Crippen LogP contribution >= 0.6 is 12.2 Å². The standard InChI is InChI=1S/C18H16F3N3O.C8H10N2S/c1-2-3-13-4-6-14(7-5-13)17-22-12-24(23-17)15-8-10-16(11-9-15)25-18(19,20)21;1-6-4-2-3-5-7(6)10-8(9)11/h4-12H,2-3H2,1H3;2-5H,1H3,(H3,9,10,11). The van der Waals surface area contributed by atoms with Crippen LogP contribution in [0.3, 0.4) is 0 Å². The molecular formula is C26H26F3N5OS. The van der Waals surface area contributed by atoms with Crippen molar-refractivity contribution in [3.05, 3.63) is 90.3 Å². The summed E-state index contributed by atoms with van der Waals surface area (Å²) in [6.45, 7) is 4.13. The first kappa shape index (κ1) is 26.7. The van der Waals surface area contributed by atoms with Crippen LogP contribution in [0, 0.1) is 6.92 Å². The van der Waals surface area contributed by atoms with E-state index >= 15 is 0 Å². The zero-order valence-corrected chi connectivity index (χ0v) is 20.6. The topological polar surface area (TPSA) is 78.0 Å². The van der Waals surface area contributed by atoms with E-state index in [4.69, 9.17) is 18.0 Å². The molecule has 1 aromatic heterocycles. The summed E-state index contributed by atoms with van der Waals surface area (Å²) in [5.41, 5.74) is 10.2. The average Bonchev–Trinajstić information content (AvgIpc) is 3.31. The van der Waals surface area contributed by atoms with Gasteiger partial charge in [-0.05, 0) is 67.0 Å². The van der Waals surface area contributed by atoms with Crippen LogP contribution in [0.2, 0.25) is 0 Å². The van der Waals surface area contributed by atoms with E-state index in [-0.39, 0.29) is 5.75 Å². The summed E-state index contributed by atoms with van der Waals surface area (Å²) in [5, 5.41) is 7.56. The Hall–Kier alpha value is -3.92. The molecule has 0 unspecified atom stereocenters. The van der Waals surface area contributed by atoms with Crippen LogP contribution in [0.5, 0.6) is 5.75 Å². The Morgan fingerprint density at radius 1 is 1.03 bits per heavy atom. The number of aromatic nitrogens is 3. The second-order valence-corrected chi connectivity index (χ2v) is 8.25. The van der Waals surface area contributed by atoms with Gasteiger partial charge in [0.05, 0.1) is 5.69 Å². The number of thiocarbonyl (C=S) groups is 1. The number of hydrogen-bond donors (Lipinski definition) is 2. The van der Waals surface area contributed by atoms with Gasteiger partial charge in [-0.1, -0.05) is 55.8 Å². The fourth-order valence-corrected chi connectivity index (χ4v) is 3.39. The van der Waals surface area contributed by atoms with Gasteiger partial charge >= 0.3 is 6.36 Å². The number of aryl methyl sites for hydroxylation is 2. The molecule has 188 valence electrons. The van der Waals surface area contributed by atoms with Crippen LogP contribution in [-0.2, 0) is 6.42 Å². The second-order valence-electron chi connectivity index (χ2n) is 7.81. The van der Waals surface area contributed by atoms with Crippen LogP contribution in [0.4, 0.5) is 18.9 Å². The molecule has 0 atom stereocenters. The molecule has 0 saturated carbocycles. The Bertz CT molecular complexity index is 1270. The van der Waals surface area contributed by atoms with Gasteiger partial charge in [0.15, 0.2) is 10.9 Å². The van der Waals surface area contributed by atoms with Gasteiger partial charge in [0.1, 0.15) is 12.1 Å². The van der Waals surface area contributed by atoms with E-state index in [0.29, 0.717) is 16.6 Å². The molecule has 3 aromatic carbocycles. The predicted molar refractivity (Wildman–Crippen MR) is 139 cm³/mol. The van der Waals surface area contributed by atoms with Gasteiger partial charge in [0.2, 0.25) is 0 Å². The highest BCUT2D eigenvalue weighted by Gasteiger charge is 2.31. The highest BCUT2D eigenvalue weighted by Crippen LogP contribution is 2.24. The molecule has 0 aliphatic heterocycles. The van der Waals surface area contributed by atoms with Crippen molar-refractivity contribution in [2.24, 2.45) is 5.73 Å². The molecule has 0 spiro atoms. The summed E-state index contributed by atoms with van der Waals surface area (Å²) >= 11 is 4.70. The molecule has 4 rings (SSSR count). The molecule has 0 aliphatic rings. The van der Waals surface area contributed by atoms with E-state index in [1.807, 2.05) is 55.5 Å². The number of anilines is 1. The first-order chi connectivity index (χ1) is 17.1. The maximum Gasteiger partial charge on any atom is 0.573 e.